The predicted molar refractivity (Wildman–Crippen MR) is 148 cm³/mol. The fourth-order valence-corrected chi connectivity index (χ4v) is 10.2. The second-order valence-electron chi connectivity index (χ2n) is 14.9. The van der Waals surface area contributed by atoms with Gasteiger partial charge < -0.3 is 9.21 Å². The fraction of sp³-hybridized carbons (Fsp3) is 0.727. The molecule has 0 unspecified atom stereocenters. The van der Waals surface area contributed by atoms with Gasteiger partial charge in [0.2, 0.25) is 17.5 Å². The molecule has 0 amide bonds. The molecule has 6 rings (SSSR count). The molecule has 5 aliphatic rings. The molecule has 5 aliphatic carbocycles. The van der Waals surface area contributed by atoms with E-state index in [1.165, 1.54) is 0 Å². The summed E-state index contributed by atoms with van der Waals surface area (Å²) >= 11 is 0. The maximum atomic E-state index is 14.6. The van der Waals surface area contributed by atoms with Gasteiger partial charge in [0, 0.05) is 23.7 Å². The number of Topliss-reactive ketones (excluding diaryl/α,β-unsaturated/α-hetero) is 1. The largest absolute Gasteiger partial charge is 0.425 e. The summed E-state index contributed by atoms with van der Waals surface area (Å²) in [6.07, 6.45) is 11.4. The summed E-state index contributed by atoms with van der Waals surface area (Å²) in [7, 11) is 0. The average Bonchev–Trinajstić information content (AvgIpc) is 3.37. The summed E-state index contributed by atoms with van der Waals surface area (Å²) in [5.41, 5.74) is 0.386. The number of rotatable bonds is 2. The number of aromatic nitrogens is 2. The summed E-state index contributed by atoms with van der Waals surface area (Å²) < 4.78 is 6.30. The Kier molecular flexibility index (Phi) is 5.63. The highest BCUT2D eigenvalue weighted by atomic mass is 16.4. The molecule has 0 bridgehead atoms. The van der Waals surface area contributed by atoms with Crippen molar-refractivity contribution in [2.45, 2.75) is 105 Å². The first-order valence-electron chi connectivity index (χ1n) is 15.0. The highest BCUT2D eigenvalue weighted by molar-refractivity contribution is 6.01. The minimum absolute atomic E-state index is 0.0409. The van der Waals surface area contributed by atoms with Crippen molar-refractivity contribution in [1.82, 2.24) is 10.2 Å². The Labute approximate surface area is 232 Å². The van der Waals surface area contributed by atoms with Gasteiger partial charge in [-0.1, -0.05) is 60.1 Å². The van der Waals surface area contributed by atoms with E-state index >= 15 is 0 Å². The summed E-state index contributed by atoms with van der Waals surface area (Å²) in [5.74, 6) is 1.52. The third kappa shape index (κ3) is 3.31. The average molecular weight is 530 g/mol. The lowest BCUT2D eigenvalue weighted by Gasteiger charge is -2.68. The molecule has 3 saturated carbocycles. The molecule has 1 aromatic rings. The Hall–Kier alpha value is -2.55. The van der Waals surface area contributed by atoms with Crippen LogP contribution in [0.15, 0.2) is 27.8 Å². The summed E-state index contributed by atoms with van der Waals surface area (Å²) in [5, 5.41) is 8.97. The molecule has 0 radical (unpaired) electrons. The first kappa shape index (κ1) is 26.7. The molecular weight excluding hydrogens is 486 g/mol. The summed E-state index contributed by atoms with van der Waals surface area (Å²) in [6.45, 7) is 23.4. The first-order valence-corrected chi connectivity index (χ1v) is 15.0. The van der Waals surface area contributed by atoms with Crippen molar-refractivity contribution in [3.05, 3.63) is 46.6 Å². The highest BCUT2D eigenvalue weighted by Gasteiger charge is 2.69. The number of carbonyl (C=O) groups is 2. The molecular formula is C33H43N3O3. The van der Waals surface area contributed by atoms with Crippen LogP contribution in [0.3, 0.4) is 0 Å². The monoisotopic (exact) mass is 529 g/mol. The number of hydrogen-bond acceptors (Lipinski definition) is 5. The maximum Gasteiger partial charge on any atom is 0.226 e. The Morgan fingerprint density at radius 3 is 2.41 bits per heavy atom. The lowest BCUT2D eigenvalue weighted by atomic mass is 9.35. The van der Waals surface area contributed by atoms with Crippen molar-refractivity contribution in [1.29, 1.82) is 0 Å². The van der Waals surface area contributed by atoms with E-state index in [2.05, 4.69) is 49.7 Å². The zero-order valence-corrected chi connectivity index (χ0v) is 24.7. The van der Waals surface area contributed by atoms with Crippen LogP contribution in [0.2, 0.25) is 0 Å². The molecule has 1 heterocycles. The van der Waals surface area contributed by atoms with Gasteiger partial charge in [-0.2, -0.15) is 0 Å². The topological polar surface area (TPSA) is 77.4 Å². The second-order valence-corrected chi connectivity index (χ2v) is 14.9. The number of fused-ring (bicyclic) bond motifs is 7. The van der Waals surface area contributed by atoms with E-state index in [1.807, 2.05) is 26.0 Å². The van der Waals surface area contributed by atoms with Crippen molar-refractivity contribution in [2.24, 2.45) is 45.3 Å². The number of nitrogens with zero attached hydrogens (tertiary/aromatic N) is 3. The van der Waals surface area contributed by atoms with Crippen LogP contribution in [-0.4, -0.2) is 21.8 Å². The number of hydrogen-bond donors (Lipinski definition) is 0. The van der Waals surface area contributed by atoms with Crippen LogP contribution in [-0.2, 0) is 21.4 Å². The SMILES string of the molecule is [C-]#[N+]C1=C[C@]2(C)C3=CC(=O)[C@@H]4[C@@H]5CC(C)(C)CC[C@]5(c5nnc(CC)o5)CC[C@@]4(C)[C@]3(C)CC[C@H]2[C@H](C)C1=O. The van der Waals surface area contributed by atoms with E-state index in [1.54, 1.807) is 0 Å². The van der Waals surface area contributed by atoms with Crippen molar-refractivity contribution >= 4 is 11.6 Å². The van der Waals surface area contributed by atoms with E-state index in [0.717, 1.165) is 56.4 Å². The summed E-state index contributed by atoms with van der Waals surface area (Å²) in [6, 6.07) is 0. The molecule has 0 aromatic carbocycles. The van der Waals surface area contributed by atoms with Gasteiger partial charge in [-0.25, -0.2) is 4.85 Å². The van der Waals surface area contributed by atoms with Gasteiger partial charge in [0.15, 0.2) is 11.6 Å². The molecule has 6 heteroatoms. The number of aryl methyl sites for hydroxylation is 1. The van der Waals surface area contributed by atoms with Crippen LogP contribution in [0.4, 0.5) is 0 Å². The molecule has 0 spiro atoms. The van der Waals surface area contributed by atoms with Gasteiger partial charge >= 0.3 is 0 Å². The third-order valence-corrected chi connectivity index (χ3v) is 12.7. The lowest BCUT2D eigenvalue weighted by Crippen LogP contribution is -2.65. The van der Waals surface area contributed by atoms with Crippen molar-refractivity contribution in [2.75, 3.05) is 0 Å². The van der Waals surface area contributed by atoms with E-state index in [4.69, 9.17) is 11.0 Å². The van der Waals surface area contributed by atoms with Crippen molar-refractivity contribution in [3.8, 4) is 0 Å². The standard InChI is InChI=1S/C33H43N3O3/c1-9-25-35-36-28(39-25)33-14-12-29(3,4)17-21(33)26-23(37)16-24-30(5)18-22(34-8)27(38)19(2)20(30)10-11-31(24,6)32(26,7)13-15-33/h16,18-21,26H,9-15,17H2,1-7H3/t19-,20-,21-,26-,30-,31+,32+,33-/m0/s1. The van der Waals surface area contributed by atoms with Gasteiger partial charge in [0.05, 0.1) is 12.0 Å². The zero-order chi connectivity index (χ0) is 28.2. The number of ketones is 2. The van der Waals surface area contributed by atoms with Gasteiger partial charge in [-0.15, -0.1) is 10.2 Å². The van der Waals surface area contributed by atoms with Crippen LogP contribution >= 0.6 is 0 Å². The Morgan fingerprint density at radius 2 is 1.74 bits per heavy atom. The number of carbonyl (C=O) groups excluding carboxylic acids is 2. The molecule has 1 aromatic heterocycles. The predicted octanol–water partition coefficient (Wildman–Crippen LogP) is 7.07. The highest BCUT2D eigenvalue weighted by Crippen LogP contribution is 2.73. The van der Waals surface area contributed by atoms with Crippen LogP contribution in [0.1, 0.15) is 105 Å². The van der Waals surface area contributed by atoms with E-state index in [0.29, 0.717) is 12.3 Å². The van der Waals surface area contributed by atoms with Crippen LogP contribution in [0.5, 0.6) is 0 Å². The quantitative estimate of drug-likeness (QED) is 0.383. The van der Waals surface area contributed by atoms with Gasteiger partial charge in [-0.3, -0.25) is 4.79 Å². The molecule has 39 heavy (non-hydrogen) atoms. The fourth-order valence-electron chi connectivity index (χ4n) is 10.2. The third-order valence-electron chi connectivity index (χ3n) is 12.7. The van der Waals surface area contributed by atoms with Crippen LogP contribution in [0, 0.1) is 51.9 Å². The normalized spacial score (nSPS) is 44.7. The van der Waals surface area contributed by atoms with Crippen LogP contribution < -0.4 is 0 Å². The van der Waals surface area contributed by atoms with E-state index < -0.39 is 5.41 Å². The number of allylic oxidation sites excluding steroid dienone is 4. The molecule has 0 aliphatic heterocycles. The van der Waals surface area contributed by atoms with Crippen LogP contribution in [0.25, 0.3) is 4.85 Å². The molecule has 6 nitrogen and oxygen atoms in total. The summed E-state index contributed by atoms with van der Waals surface area (Å²) in [4.78, 5) is 31.2. The van der Waals surface area contributed by atoms with Gasteiger partial charge in [0.1, 0.15) is 0 Å². The lowest BCUT2D eigenvalue weighted by molar-refractivity contribution is -0.159. The Balaban J connectivity index is 1.52. The Bertz CT molecular complexity index is 1360. The molecule has 0 N–H and O–H groups in total. The maximum absolute atomic E-state index is 14.6. The zero-order valence-electron chi connectivity index (χ0n) is 24.7. The molecule has 8 atom stereocenters. The van der Waals surface area contributed by atoms with E-state index in [-0.39, 0.29) is 62.6 Å². The van der Waals surface area contributed by atoms with Gasteiger partial charge in [0.25, 0.3) is 0 Å². The minimum Gasteiger partial charge on any atom is -0.425 e. The minimum atomic E-state index is -0.466. The Morgan fingerprint density at radius 1 is 1.03 bits per heavy atom. The van der Waals surface area contributed by atoms with Crippen molar-refractivity contribution in [3.63, 3.8) is 0 Å². The molecule has 208 valence electrons. The van der Waals surface area contributed by atoms with Crippen molar-refractivity contribution < 1.29 is 14.0 Å². The smallest absolute Gasteiger partial charge is 0.226 e. The molecule has 0 saturated heterocycles. The van der Waals surface area contributed by atoms with Gasteiger partial charge in [-0.05, 0) is 79.1 Å². The van der Waals surface area contributed by atoms with E-state index in [9.17, 15) is 9.59 Å². The first-order chi connectivity index (χ1) is 18.3. The second kappa shape index (κ2) is 8.24. The molecule has 3 fully saturated rings.